The SMILES string of the molecule is COCCNC(=O)c1ccc2nn(CC3CCCCC(C(=O)c4ccc(Oc5ccc(Cl)cn5)cc4)CCC3)cc2c1C. The minimum Gasteiger partial charge on any atom is -0.439 e. The van der Waals surface area contributed by atoms with Gasteiger partial charge >= 0.3 is 0 Å². The summed E-state index contributed by atoms with van der Waals surface area (Å²) in [7, 11) is 1.62. The summed E-state index contributed by atoms with van der Waals surface area (Å²) in [5.74, 6) is 1.74. The first-order valence-corrected chi connectivity index (χ1v) is 15.5. The molecular weight excluding hydrogens is 564 g/mol. The van der Waals surface area contributed by atoms with Crippen LogP contribution in [0.3, 0.4) is 0 Å². The first-order chi connectivity index (χ1) is 20.9. The van der Waals surface area contributed by atoms with Crippen LogP contribution in [0.5, 0.6) is 11.6 Å². The first kappa shape index (κ1) is 30.7. The molecule has 4 aromatic rings. The molecule has 1 aliphatic carbocycles. The third kappa shape index (κ3) is 8.00. The number of pyridine rings is 1. The zero-order valence-electron chi connectivity index (χ0n) is 24.9. The largest absolute Gasteiger partial charge is 0.439 e. The van der Waals surface area contributed by atoms with E-state index in [1.807, 2.05) is 48.0 Å². The number of hydrogen-bond acceptors (Lipinski definition) is 6. The van der Waals surface area contributed by atoms with E-state index < -0.39 is 0 Å². The second-order valence-corrected chi connectivity index (χ2v) is 11.8. The second kappa shape index (κ2) is 14.6. The molecule has 2 unspecified atom stereocenters. The van der Waals surface area contributed by atoms with Gasteiger partial charge in [-0.2, -0.15) is 5.10 Å². The van der Waals surface area contributed by atoms with Crippen LogP contribution in [0.4, 0.5) is 0 Å². The van der Waals surface area contributed by atoms with Gasteiger partial charge in [0.05, 0.1) is 17.1 Å². The van der Waals surface area contributed by atoms with E-state index in [0.29, 0.717) is 41.3 Å². The number of nitrogens with one attached hydrogen (secondary N) is 1. The summed E-state index contributed by atoms with van der Waals surface area (Å²) in [6.45, 7) is 3.78. The Morgan fingerprint density at radius 3 is 2.53 bits per heavy atom. The highest BCUT2D eigenvalue weighted by molar-refractivity contribution is 6.30. The van der Waals surface area contributed by atoms with Gasteiger partial charge in [0.25, 0.3) is 5.91 Å². The quantitative estimate of drug-likeness (QED) is 0.150. The molecule has 1 N–H and O–H groups in total. The maximum Gasteiger partial charge on any atom is 0.251 e. The summed E-state index contributed by atoms with van der Waals surface area (Å²) in [5.41, 5.74) is 3.24. The number of ether oxygens (including phenoxy) is 2. The minimum atomic E-state index is -0.0934. The number of aryl methyl sites for hydroxylation is 1. The number of rotatable bonds is 10. The van der Waals surface area contributed by atoms with Crippen LogP contribution in [-0.2, 0) is 11.3 Å². The number of benzene rings is 2. The fourth-order valence-corrected chi connectivity index (χ4v) is 6.03. The maximum absolute atomic E-state index is 13.4. The lowest BCUT2D eigenvalue weighted by Gasteiger charge is -2.16. The fraction of sp³-hybridized carbons (Fsp3) is 0.412. The van der Waals surface area contributed by atoms with Gasteiger partial charge in [0, 0.05) is 61.1 Å². The number of nitrogens with zero attached hydrogens (tertiary/aromatic N) is 3. The Morgan fingerprint density at radius 1 is 1.00 bits per heavy atom. The highest BCUT2D eigenvalue weighted by Gasteiger charge is 2.23. The Morgan fingerprint density at radius 2 is 1.77 bits per heavy atom. The summed E-state index contributed by atoms with van der Waals surface area (Å²) in [6, 6.07) is 14.6. The number of fused-ring (bicyclic) bond motifs is 1. The van der Waals surface area contributed by atoms with Crippen molar-refractivity contribution in [2.24, 2.45) is 11.8 Å². The molecule has 8 nitrogen and oxygen atoms in total. The Balaban J connectivity index is 1.16. The monoisotopic (exact) mass is 602 g/mol. The Bertz CT molecular complexity index is 1530. The van der Waals surface area contributed by atoms with E-state index >= 15 is 0 Å². The lowest BCUT2D eigenvalue weighted by molar-refractivity contribution is 0.0901. The Labute approximate surface area is 257 Å². The highest BCUT2D eigenvalue weighted by atomic mass is 35.5. The Kier molecular flexibility index (Phi) is 10.4. The number of ketones is 1. The molecule has 0 saturated heterocycles. The van der Waals surface area contributed by atoms with Crippen LogP contribution in [0.1, 0.15) is 71.2 Å². The van der Waals surface area contributed by atoms with E-state index in [9.17, 15) is 9.59 Å². The molecule has 1 saturated carbocycles. The van der Waals surface area contributed by atoms with Gasteiger partial charge in [-0.3, -0.25) is 14.3 Å². The van der Waals surface area contributed by atoms with Crippen molar-refractivity contribution in [3.05, 3.63) is 82.6 Å². The number of carbonyl (C=O) groups is 2. The topological polar surface area (TPSA) is 95.3 Å². The van der Waals surface area contributed by atoms with Crippen LogP contribution in [-0.4, -0.2) is 46.7 Å². The van der Waals surface area contributed by atoms with E-state index in [1.165, 1.54) is 6.20 Å². The molecule has 2 aromatic carbocycles. The molecule has 0 bridgehead atoms. The van der Waals surface area contributed by atoms with Gasteiger partial charge in [-0.25, -0.2) is 4.98 Å². The summed E-state index contributed by atoms with van der Waals surface area (Å²) in [4.78, 5) is 30.2. The van der Waals surface area contributed by atoms with Crippen molar-refractivity contribution >= 4 is 34.2 Å². The lowest BCUT2D eigenvalue weighted by atomic mass is 9.89. The van der Waals surface area contributed by atoms with E-state index in [4.69, 9.17) is 26.2 Å². The van der Waals surface area contributed by atoms with Crippen molar-refractivity contribution < 1.29 is 19.1 Å². The molecule has 0 spiro atoms. The molecule has 9 heteroatoms. The summed E-state index contributed by atoms with van der Waals surface area (Å²) in [6.07, 6.45) is 10.8. The molecule has 226 valence electrons. The number of Topliss-reactive ketones (excluding diaryl/α,β-unsaturated/α-hetero) is 1. The van der Waals surface area contributed by atoms with Crippen molar-refractivity contribution in [1.82, 2.24) is 20.1 Å². The smallest absolute Gasteiger partial charge is 0.251 e. The van der Waals surface area contributed by atoms with E-state index in [-0.39, 0.29) is 17.6 Å². The third-order valence-electron chi connectivity index (χ3n) is 8.30. The van der Waals surface area contributed by atoms with Gasteiger partial charge < -0.3 is 14.8 Å². The third-order valence-corrected chi connectivity index (χ3v) is 8.52. The highest BCUT2D eigenvalue weighted by Crippen LogP contribution is 2.30. The molecule has 1 aliphatic rings. The predicted octanol–water partition coefficient (Wildman–Crippen LogP) is 7.42. The molecule has 2 heterocycles. The normalized spacial score (nSPS) is 17.6. The molecule has 2 atom stereocenters. The summed E-state index contributed by atoms with van der Waals surface area (Å²) < 4.78 is 12.9. The number of aromatic nitrogens is 3. The van der Waals surface area contributed by atoms with Crippen molar-refractivity contribution in [3.63, 3.8) is 0 Å². The zero-order chi connectivity index (χ0) is 30.2. The first-order valence-electron chi connectivity index (χ1n) is 15.1. The van der Waals surface area contributed by atoms with Crippen molar-refractivity contribution in [1.29, 1.82) is 0 Å². The number of methoxy groups -OCH3 is 1. The van der Waals surface area contributed by atoms with Crippen LogP contribution in [0.25, 0.3) is 10.9 Å². The predicted molar refractivity (Wildman–Crippen MR) is 168 cm³/mol. The molecule has 1 amide bonds. The van der Waals surface area contributed by atoms with Crippen molar-refractivity contribution in [2.75, 3.05) is 20.3 Å². The van der Waals surface area contributed by atoms with E-state index in [1.54, 1.807) is 19.2 Å². The van der Waals surface area contributed by atoms with Crippen molar-refractivity contribution in [2.45, 2.75) is 58.4 Å². The molecule has 2 aromatic heterocycles. The second-order valence-electron chi connectivity index (χ2n) is 11.4. The molecule has 5 rings (SSSR count). The van der Waals surface area contributed by atoms with Gasteiger partial charge in [0.1, 0.15) is 5.75 Å². The van der Waals surface area contributed by atoms with Crippen LogP contribution < -0.4 is 10.1 Å². The van der Waals surface area contributed by atoms with Crippen molar-refractivity contribution in [3.8, 4) is 11.6 Å². The summed E-state index contributed by atoms with van der Waals surface area (Å²) >= 11 is 5.90. The van der Waals surface area contributed by atoms with Crippen LogP contribution in [0, 0.1) is 18.8 Å². The van der Waals surface area contributed by atoms with Gasteiger partial charge in [0.2, 0.25) is 5.88 Å². The van der Waals surface area contributed by atoms with Gasteiger partial charge in [-0.05, 0) is 86.6 Å². The van der Waals surface area contributed by atoms with E-state index in [2.05, 4.69) is 16.5 Å². The van der Waals surface area contributed by atoms with Crippen LogP contribution in [0.15, 0.2) is 60.9 Å². The fourth-order valence-electron chi connectivity index (χ4n) is 5.92. The number of halogens is 1. The van der Waals surface area contributed by atoms with Crippen LogP contribution in [0.2, 0.25) is 5.02 Å². The molecular formula is C34H39ClN4O4. The summed E-state index contributed by atoms with van der Waals surface area (Å²) in [5, 5.41) is 9.30. The minimum absolute atomic E-state index is 0.0341. The van der Waals surface area contributed by atoms with Gasteiger partial charge in [-0.1, -0.05) is 30.9 Å². The molecule has 0 aliphatic heterocycles. The lowest BCUT2D eigenvalue weighted by Crippen LogP contribution is -2.27. The van der Waals surface area contributed by atoms with Crippen LogP contribution >= 0.6 is 11.6 Å². The average molecular weight is 603 g/mol. The Hall–Kier alpha value is -3.75. The number of carbonyl (C=O) groups excluding carboxylic acids is 2. The van der Waals surface area contributed by atoms with Gasteiger partial charge in [0.15, 0.2) is 5.78 Å². The molecule has 0 radical (unpaired) electrons. The standard InChI is InChI=1S/C34H39ClN4O4/c1-23-29(34(41)36-18-19-42-2)15-16-31-30(23)22-39(38-31)21-24-6-3-4-8-25(9-5-7-24)33(40)26-10-13-28(14-11-26)43-32-17-12-27(35)20-37-32/h10-17,20,22,24-25H,3-9,18-19,21H2,1-2H3,(H,36,41). The zero-order valence-corrected chi connectivity index (χ0v) is 25.6. The number of amides is 1. The molecule has 1 fully saturated rings. The van der Waals surface area contributed by atoms with Gasteiger partial charge in [-0.15, -0.1) is 0 Å². The average Bonchev–Trinajstić information content (AvgIpc) is 3.47. The molecule has 43 heavy (non-hydrogen) atoms. The maximum atomic E-state index is 13.4. The number of hydrogen-bond donors (Lipinski definition) is 1. The van der Waals surface area contributed by atoms with E-state index in [0.717, 1.165) is 73.5 Å².